The van der Waals surface area contributed by atoms with Gasteiger partial charge >= 0.3 is 6.18 Å². The Morgan fingerprint density at radius 3 is 2.57 bits per heavy atom. The van der Waals surface area contributed by atoms with Crippen molar-refractivity contribution in [2.45, 2.75) is 25.2 Å². The number of rotatable bonds is 2. The number of nitrogens with zero attached hydrogens (tertiary/aromatic N) is 3. The van der Waals surface area contributed by atoms with E-state index in [-0.39, 0.29) is 23.7 Å². The number of aromatic nitrogens is 2. The summed E-state index contributed by atoms with van der Waals surface area (Å²) in [7, 11) is 0. The number of carbonyl (C=O) groups excluding carboxylic acids is 1. The maximum Gasteiger partial charge on any atom is 0.437 e. The summed E-state index contributed by atoms with van der Waals surface area (Å²) in [4.78, 5) is 11.7. The van der Waals surface area contributed by atoms with E-state index in [9.17, 15) is 23.2 Å². The first-order valence-electron chi connectivity index (χ1n) is 6.78. The Hall–Kier alpha value is -2.39. The molecule has 1 amide bonds. The van der Waals surface area contributed by atoms with Crippen LogP contribution in [0.25, 0.3) is 0 Å². The number of hydrogen-bond donors (Lipinski definition) is 2. The monoisotopic (exact) mass is 326 g/mol. The molecule has 3 N–H and O–H groups in total. The number of benzene rings is 1. The summed E-state index contributed by atoms with van der Waals surface area (Å²) in [6, 6.07) is 7.66. The molecule has 0 aliphatic carbocycles. The third kappa shape index (κ3) is 2.68. The third-order valence-electron chi connectivity index (χ3n) is 3.62. The summed E-state index contributed by atoms with van der Waals surface area (Å²) in [5.41, 5.74) is 4.47. The van der Waals surface area contributed by atoms with Crippen LogP contribution in [-0.2, 0) is 23.9 Å². The van der Waals surface area contributed by atoms with Gasteiger partial charge in [0.2, 0.25) is 0 Å². The van der Waals surface area contributed by atoms with E-state index < -0.39 is 29.5 Å². The largest absolute Gasteiger partial charge is 0.437 e. The minimum Gasteiger partial charge on any atom is -0.319 e. The predicted molar refractivity (Wildman–Crippen MR) is 73.7 cm³/mol. The van der Waals surface area contributed by atoms with Gasteiger partial charge in [-0.3, -0.25) is 14.7 Å². The average Bonchev–Trinajstić information content (AvgIpc) is 2.85. The standard InChI is InChI=1S/C14H13F3N4O2/c15-14(16,17)12-11-10(6-9(18)13(22)21(11)23)20(19-12)7-8-4-2-1-3-5-8/h1-5,9,23H,6-7,18H2/t9-/m0/s1. The fourth-order valence-corrected chi connectivity index (χ4v) is 2.55. The van der Waals surface area contributed by atoms with Gasteiger partial charge in [0.1, 0.15) is 5.69 Å². The third-order valence-corrected chi connectivity index (χ3v) is 3.62. The highest BCUT2D eigenvalue weighted by Crippen LogP contribution is 2.40. The van der Waals surface area contributed by atoms with Crippen molar-refractivity contribution in [3.8, 4) is 0 Å². The summed E-state index contributed by atoms with van der Waals surface area (Å²) in [5, 5.41) is 13.3. The molecule has 1 atom stereocenters. The first kappa shape index (κ1) is 15.5. The van der Waals surface area contributed by atoms with Crippen LogP contribution in [0.5, 0.6) is 0 Å². The van der Waals surface area contributed by atoms with Crippen molar-refractivity contribution < 1.29 is 23.2 Å². The van der Waals surface area contributed by atoms with E-state index in [1.807, 2.05) is 0 Å². The fourth-order valence-electron chi connectivity index (χ4n) is 2.55. The SMILES string of the molecule is N[C@H]1Cc2c(c(C(F)(F)F)nn2Cc2ccccc2)N(O)C1=O. The number of amides is 1. The minimum absolute atomic E-state index is 0.0409. The second kappa shape index (κ2) is 5.36. The number of fused-ring (bicyclic) bond motifs is 1. The van der Waals surface area contributed by atoms with Gasteiger partial charge in [0, 0.05) is 6.42 Å². The van der Waals surface area contributed by atoms with E-state index in [0.29, 0.717) is 0 Å². The first-order chi connectivity index (χ1) is 10.8. The summed E-state index contributed by atoms with van der Waals surface area (Å²) >= 11 is 0. The summed E-state index contributed by atoms with van der Waals surface area (Å²) in [5.74, 6) is -0.984. The maximum absolute atomic E-state index is 13.2. The molecule has 1 aliphatic heterocycles. The van der Waals surface area contributed by atoms with Gasteiger partial charge in [-0.05, 0) is 5.56 Å². The summed E-state index contributed by atoms with van der Waals surface area (Å²) in [6.07, 6.45) is -4.92. The molecule has 0 saturated heterocycles. The van der Waals surface area contributed by atoms with E-state index in [2.05, 4.69) is 5.10 Å². The van der Waals surface area contributed by atoms with Crippen molar-refractivity contribution in [1.29, 1.82) is 0 Å². The first-order valence-corrected chi connectivity index (χ1v) is 6.78. The van der Waals surface area contributed by atoms with E-state index in [1.165, 1.54) is 0 Å². The number of anilines is 1. The molecule has 2 heterocycles. The number of hydroxylamine groups is 1. The van der Waals surface area contributed by atoms with E-state index in [0.717, 1.165) is 10.2 Å². The summed E-state index contributed by atoms with van der Waals surface area (Å²) in [6.45, 7) is 0.0774. The van der Waals surface area contributed by atoms with Gasteiger partial charge < -0.3 is 5.73 Å². The van der Waals surface area contributed by atoms with Crippen LogP contribution in [0.15, 0.2) is 30.3 Å². The molecule has 0 bridgehead atoms. The lowest BCUT2D eigenvalue weighted by Gasteiger charge is -2.26. The zero-order valence-electron chi connectivity index (χ0n) is 11.8. The quantitative estimate of drug-likeness (QED) is 0.820. The van der Waals surface area contributed by atoms with Gasteiger partial charge in [-0.2, -0.15) is 23.3 Å². The van der Waals surface area contributed by atoms with E-state index in [4.69, 9.17) is 5.73 Å². The van der Waals surface area contributed by atoms with Crippen LogP contribution in [-0.4, -0.2) is 26.9 Å². The van der Waals surface area contributed by atoms with Crippen LogP contribution in [0.4, 0.5) is 18.9 Å². The van der Waals surface area contributed by atoms with Crippen LogP contribution in [0.1, 0.15) is 17.0 Å². The van der Waals surface area contributed by atoms with Crippen molar-refractivity contribution in [3.05, 3.63) is 47.3 Å². The van der Waals surface area contributed by atoms with Crippen LogP contribution in [0.3, 0.4) is 0 Å². The fraction of sp³-hybridized carbons (Fsp3) is 0.286. The van der Waals surface area contributed by atoms with Crippen molar-refractivity contribution in [1.82, 2.24) is 9.78 Å². The topological polar surface area (TPSA) is 84.4 Å². The van der Waals surface area contributed by atoms with Crippen LogP contribution >= 0.6 is 0 Å². The van der Waals surface area contributed by atoms with Crippen molar-refractivity contribution in [2.75, 3.05) is 5.06 Å². The lowest BCUT2D eigenvalue weighted by Crippen LogP contribution is -2.48. The Balaban J connectivity index is 2.12. The number of carbonyl (C=O) groups is 1. The molecule has 0 radical (unpaired) electrons. The lowest BCUT2D eigenvalue weighted by molar-refractivity contribution is -0.141. The van der Waals surface area contributed by atoms with Crippen LogP contribution in [0.2, 0.25) is 0 Å². The molecule has 6 nitrogen and oxygen atoms in total. The molecule has 0 saturated carbocycles. The molecule has 1 aliphatic rings. The molecular weight excluding hydrogens is 313 g/mol. The molecular formula is C14H13F3N4O2. The lowest BCUT2D eigenvalue weighted by atomic mass is 10.0. The van der Waals surface area contributed by atoms with E-state index in [1.54, 1.807) is 30.3 Å². The molecule has 23 heavy (non-hydrogen) atoms. The van der Waals surface area contributed by atoms with Gasteiger partial charge in [0.15, 0.2) is 5.69 Å². The molecule has 0 fully saturated rings. The van der Waals surface area contributed by atoms with Gasteiger partial charge in [-0.1, -0.05) is 30.3 Å². The highest BCUT2D eigenvalue weighted by Gasteiger charge is 2.45. The normalized spacial score (nSPS) is 18.2. The average molecular weight is 326 g/mol. The van der Waals surface area contributed by atoms with Crippen molar-refractivity contribution >= 4 is 11.6 Å². The molecule has 1 aromatic carbocycles. The number of hydrogen-bond acceptors (Lipinski definition) is 4. The molecule has 9 heteroatoms. The number of halogens is 3. The predicted octanol–water partition coefficient (Wildman–Crippen LogP) is 1.56. The van der Waals surface area contributed by atoms with Gasteiger partial charge in [0.05, 0.1) is 18.3 Å². The molecule has 1 aromatic heterocycles. The van der Waals surface area contributed by atoms with E-state index >= 15 is 0 Å². The molecule has 2 aromatic rings. The number of nitrogens with two attached hydrogens (primary N) is 1. The van der Waals surface area contributed by atoms with Crippen molar-refractivity contribution in [2.24, 2.45) is 5.73 Å². The zero-order chi connectivity index (χ0) is 16.8. The smallest absolute Gasteiger partial charge is 0.319 e. The Kier molecular flexibility index (Phi) is 3.61. The Morgan fingerprint density at radius 2 is 1.96 bits per heavy atom. The number of alkyl halides is 3. The molecule has 0 spiro atoms. The second-order valence-corrected chi connectivity index (χ2v) is 5.25. The van der Waals surface area contributed by atoms with Gasteiger partial charge in [-0.25, -0.2) is 0 Å². The highest BCUT2D eigenvalue weighted by molar-refractivity contribution is 5.98. The zero-order valence-corrected chi connectivity index (χ0v) is 11.8. The molecule has 3 rings (SSSR count). The Labute approximate surface area is 128 Å². The Morgan fingerprint density at radius 1 is 1.30 bits per heavy atom. The summed E-state index contributed by atoms with van der Waals surface area (Å²) < 4.78 is 40.6. The Bertz CT molecular complexity index is 742. The van der Waals surface area contributed by atoms with Gasteiger partial charge in [-0.15, -0.1) is 0 Å². The maximum atomic E-state index is 13.2. The van der Waals surface area contributed by atoms with Crippen molar-refractivity contribution in [3.63, 3.8) is 0 Å². The molecule has 122 valence electrons. The van der Waals surface area contributed by atoms with Crippen LogP contribution < -0.4 is 10.8 Å². The second-order valence-electron chi connectivity index (χ2n) is 5.25. The minimum atomic E-state index is -4.80. The molecule has 0 unspecified atom stereocenters. The highest BCUT2D eigenvalue weighted by atomic mass is 19.4. The van der Waals surface area contributed by atoms with Crippen LogP contribution in [0, 0.1) is 0 Å². The van der Waals surface area contributed by atoms with Gasteiger partial charge in [0.25, 0.3) is 5.91 Å².